The monoisotopic (exact) mass is 238 g/mol. The lowest BCUT2D eigenvalue weighted by Gasteiger charge is -2.37. The fourth-order valence-electron chi connectivity index (χ4n) is 2.61. The minimum atomic E-state index is 0.575. The van der Waals surface area contributed by atoms with E-state index in [4.69, 9.17) is 0 Å². The lowest BCUT2D eigenvalue weighted by Crippen LogP contribution is -2.48. The van der Waals surface area contributed by atoms with Gasteiger partial charge in [-0.2, -0.15) is 0 Å². The summed E-state index contributed by atoms with van der Waals surface area (Å²) in [6.45, 7) is 11.1. The van der Waals surface area contributed by atoms with E-state index in [-0.39, 0.29) is 0 Å². The van der Waals surface area contributed by atoms with E-state index in [0.29, 0.717) is 12.0 Å². The molecule has 0 spiro atoms. The van der Waals surface area contributed by atoms with Crippen molar-refractivity contribution in [2.75, 3.05) is 7.05 Å². The second kappa shape index (κ2) is 9.36. The SMILES string of the molecule is CC#CNN(C)C(C(C)CC)C(CC)CCC. The van der Waals surface area contributed by atoms with E-state index < -0.39 is 0 Å². The van der Waals surface area contributed by atoms with Crippen LogP contribution in [-0.2, 0) is 0 Å². The summed E-state index contributed by atoms with van der Waals surface area (Å²) >= 11 is 0. The van der Waals surface area contributed by atoms with Crippen molar-refractivity contribution < 1.29 is 0 Å². The number of rotatable bonds is 8. The number of hydrogen-bond donors (Lipinski definition) is 1. The second-order valence-corrected chi connectivity index (χ2v) is 4.93. The van der Waals surface area contributed by atoms with Gasteiger partial charge in [-0.3, -0.25) is 5.43 Å². The van der Waals surface area contributed by atoms with E-state index >= 15 is 0 Å². The van der Waals surface area contributed by atoms with Crippen LogP contribution in [0.4, 0.5) is 0 Å². The van der Waals surface area contributed by atoms with Gasteiger partial charge in [-0.25, -0.2) is 5.01 Å². The molecule has 0 fully saturated rings. The normalized spacial score (nSPS) is 15.9. The summed E-state index contributed by atoms with van der Waals surface area (Å²) in [7, 11) is 2.12. The van der Waals surface area contributed by atoms with Crippen molar-refractivity contribution in [3.63, 3.8) is 0 Å². The topological polar surface area (TPSA) is 15.3 Å². The summed E-state index contributed by atoms with van der Waals surface area (Å²) < 4.78 is 0. The first-order valence-corrected chi connectivity index (χ1v) is 7.02. The van der Waals surface area contributed by atoms with Crippen molar-refractivity contribution in [3.05, 3.63) is 0 Å². The Balaban J connectivity index is 4.74. The average Bonchev–Trinajstić information content (AvgIpc) is 2.35. The highest BCUT2D eigenvalue weighted by atomic mass is 15.5. The lowest BCUT2D eigenvalue weighted by molar-refractivity contribution is 0.0842. The maximum atomic E-state index is 3.19. The molecule has 0 aromatic rings. The van der Waals surface area contributed by atoms with E-state index in [9.17, 15) is 0 Å². The molecule has 3 atom stereocenters. The molecule has 0 radical (unpaired) electrons. The number of nitrogens with one attached hydrogen (secondary N) is 1. The van der Waals surface area contributed by atoms with E-state index in [1.165, 1.54) is 25.7 Å². The first-order chi connectivity index (χ1) is 8.12. The number of hydrogen-bond acceptors (Lipinski definition) is 2. The van der Waals surface area contributed by atoms with Crippen LogP contribution in [0.15, 0.2) is 0 Å². The van der Waals surface area contributed by atoms with Gasteiger partial charge in [0.25, 0.3) is 0 Å². The number of nitrogens with zero attached hydrogens (tertiary/aromatic N) is 1. The Morgan fingerprint density at radius 2 is 1.82 bits per heavy atom. The van der Waals surface area contributed by atoms with Crippen molar-refractivity contribution in [2.24, 2.45) is 11.8 Å². The smallest absolute Gasteiger partial charge is 0.0348 e. The molecule has 0 aliphatic carbocycles. The Bertz CT molecular complexity index is 239. The van der Waals surface area contributed by atoms with Crippen molar-refractivity contribution in [3.8, 4) is 12.0 Å². The molecule has 0 aliphatic heterocycles. The highest BCUT2D eigenvalue weighted by molar-refractivity contribution is 4.92. The molecule has 0 aromatic heterocycles. The summed E-state index contributed by atoms with van der Waals surface area (Å²) in [5.74, 6) is 4.35. The molecule has 0 aromatic carbocycles. The van der Waals surface area contributed by atoms with E-state index in [1.54, 1.807) is 0 Å². The summed E-state index contributed by atoms with van der Waals surface area (Å²) in [6, 6.07) is 3.53. The predicted molar refractivity (Wildman–Crippen MR) is 76.3 cm³/mol. The molecule has 100 valence electrons. The van der Waals surface area contributed by atoms with E-state index in [1.807, 2.05) is 6.92 Å². The van der Waals surface area contributed by atoms with Crippen molar-refractivity contribution in [1.82, 2.24) is 10.4 Å². The molecule has 0 rings (SSSR count). The number of hydrazine groups is 1. The highest BCUT2D eigenvalue weighted by Gasteiger charge is 2.27. The Hall–Kier alpha value is -0.680. The molecule has 17 heavy (non-hydrogen) atoms. The standard InChI is InChI=1S/C15H30N2/c1-7-11-14(10-4)15(13(5)9-3)17(6)16-12-8-2/h13-16H,7,9-11H2,1-6H3. The molecule has 1 N–H and O–H groups in total. The van der Waals surface area contributed by atoms with Gasteiger partial charge < -0.3 is 0 Å². The summed E-state index contributed by atoms with van der Waals surface area (Å²) in [5.41, 5.74) is 3.19. The Morgan fingerprint density at radius 1 is 1.18 bits per heavy atom. The van der Waals surface area contributed by atoms with Crippen molar-refractivity contribution >= 4 is 0 Å². The van der Waals surface area contributed by atoms with Crippen LogP contribution in [0.3, 0.4) is 0 Å². The van der Waals surface area contributed by atoms with Gasteiger partial charge in [0.15, 0.2) is 0 Å². The van der Waals surface area contributed by atoms with Gasteiger partial charge in [0.2, 0.25) is 0 Å². The van der Waals surface area contributed by atoms with Crippen LogP contribution in [0.1, 0.15) is 60.3 Å². The largest absolute Gasteiger partial charge is 0.278 e. The molecule has 0 amide bonds. The zero-order valence-electron chi connectivity index (χ0n) is 12.5. The highest BCUT2D eigenvalue weighted by Crippen LogP contribution is 2.26. The molecule has 3 unspecified atom stereocenters. The molecular weight excluding hydrogens is 208 g/mol. The fourth-order valence-corrected chi connectivity index (χ4v) is 2.61. The third-order valence-corrected chi connectivity index (χ3v) is 3.70. The van der Waals surface area contributed by atoms with Gasteiger partial charge in [0.05, 0.1) is 0 Å². The Kier molecular flexibility index (Phi) is 8.99. The maximum absolute atomic E-state index is 3.19. The Labute approximate surface area is 108 Å². The van der Waals surface area contributed by atoms with Gasteiger partial charge in [-0.05, 0) is 25.2 Å². The zero-order valence-corrected chi connectivity index (χ0v) is 12.5. The van der Waals surface area contributed by atoms with Crippen LogP contribution in [0.2, 0.25) is 0 Å². The first kappa shape index (κ1) is 16.3. The van der Waals surface area contributed by atoms with Crippen LogP contribution >= 0.6 is 0 Å². The molecule has 0 saturated heterocycles. The van der Waals surface area contributed by atoms with Crippen LogP contribution in [0.5, 0.6) is 0 Å². The average molecular weight is 238 g/mol. The summed E-state index contributed by atoms with van der Waals surface area (Å²) in [5, 5.41) is 2.22. The van der Waals surface area contributed by atoms with E-state index in [0.717, 1.165) is 5.92 Å². The predicted octanol–water partition coefficient (Wildman–Crippen LogP) is 3.64. The fraction of sp³-hybridized carbons (Fsp3) is 0.867. The lowest BCUT2D eigenvalue weighted by atomic mass is 9.83. The molecule has 0 aliphatic rings. The van der Waals surface area contributed by atoms with Gasteiger partial charge in [-0.15, -0.1) is 0 Å². The minimum Gasteiger partial charge on any atom is -0.278 e. The van der Waals surface area contributed by atoms with Gasteiger partial charge >= 0.3 is 0 Å². The molecule has 0 bridgehead atoms. The molecule has 0 heterocycles. The maximum Gasteiger partial charge on any atom is 0.0348 e. The van der Waals surface area contributed by atoms with Crippen molar-refractivity contribution in [2.45, 2.75) is 66.3 Å². The molecular formula is C15H30N2. The third kappa shape index (κ3) is 5.46. The second-order valence-electron chi connectivity index (χ2n) is 4.93. The van der Waals surface area contributed by atoms with Crippen LogP contribution in [0, 0.1) is 23.8 Å². The first-order valence-electron chi connectivity index (χ1n) is 7.02. The van der Waals surface area contributed by atoms with Gasteiger partial charge in [0.1, 0.15) is 0 Å². The summed E-state index contributed by atoms with van der Waals surface area (Å²) in [4.78, 5) is 0. The van der Waals surface area contributed by atoms with Gasteiger partial charge in [-0.1, -0.05) is 52.9 Å². The zero-order chi connectivity index (χ0) is 13.3. The molecule has 0 saturated carbocycles. The van der Waals surface area contributed by atoms with Crippen LogP contribution < -0.4 is 5.43 Å². The van der Waals surface area contributed by atoms with Crippen LogP contribution in [-0.4, -0.2) is 18.1 Å². The van der Waals surface area contributed by atoms with Crippen LogP contribution in [0.25, 0.3) is 0 Å². The minimum absolute atomic E-state index is 0.575. The van der Waals surface area contributed by atoms with Crippen molar-refractivity contribution in [1.29, 1.82) is 0 Å². The third-order valence-electron chi connectivity index (χ3n) is 3.70. The van der Waals surface area contributed by atoms with E-state index in [2.05, 4.69) is 57.1 Å². The molecule has 2 nitrogen and oxygen atoms in total. The summed E-state index contributed by atoms with van der Waals surface area (Å²) in [6.07, 6.45) is 5.03. The Morgan fingerprint density at radius 3 is 2.24 bits per heavy atom. The quantitative estimate of drug-likeness (QED) is 0.394. The van der Waals surface area contributed by atoms with Gasteiger partial charge in [0, 0.05) is 19.1 Å². The molecule has 2 heteroatoms.